The van der Waals surface area contributed by atoms with E-state index in [1.807, 2.05) is 20.8 Å². The molecular formula is C18H27FN2O. The summed E-state index contributed by atoms with van der Waals surface area (Å²) in [6, 6.07) is 0. The molecule has 0 atom stereocenters. The molecule has 0 amide bonds. The molecule has 1 fully saturated rings. The zero-order valence-electron chi connectivity index (χ0n) is 14.2. The van der Waals surface area contributed by atoms with Gasteiger partial charge in [-0.2, -0.15) is 0 Å². The average molecular weight is 306 g/mol. The first kappa shape index (κ1) is 18.5. The van der Waals surface area contributed by atoms with Gasteiger partial charge in [-0.15, -0.1) is 0 Å². The minimum atomic E-state index is -0.250. The van der Waals surface area contributed by atoms with Crippen LogP contribution in [0.15, 0.2) is 52.5 Å². The molecule has 0 aromatic rings. The van der Waals surface area contributed by atoms with Crippen LogP contribution in [0.3, 0.4) is 0 Å². The molecular weight excluding hydrogens is 279 g/mol. The Hall–Kier alpha value is -1.52. The van der Waals surface area contributed by atoms with Crippen LogP contribution >= 0.6 is 0 Å². The van der Waals surface area contributed by atoms with E-state index in [-0.39, 0.29) is 5.83 Å². The number of morpholine rings is 1. The molecule has 0 N–H and O–H groups in total. The third-order valence-corrected chi connectivity index (χ3v) is 3.62. The SMILES string of the molecule is C=C(C)C(C)=N/C(CN1CCOCC1)=C(C)/C(F)=C\C=C/C. The van der Waals surface area contributed by atoms with Gasteiger partial charge < -0.3 is 4.74 Å². The second-order valence-electron chi connectivity index (χ2n) is 5.48. The van der Waals surface area contributed by atoms with Crippen molar-refractivity contribution < 1.29 is 9.13 Å². The van der Waals surface area contributed by atoms with Crippen molar-refractivity contribution in [3.8, 4) is 0 Å². The number of allylic oxidation sites excluding steroid dienone is 6. The predicted octanol–water partition coefficient (Wildman–Crippen LogP) is 4.06. The van der Waals surface area contributed by atoms with E-state index >= 15 is 0 Å². The van der Waals surface area contributed by atoms with Crippen molar-refractivity contribution in [3.63, 3.8) is 0 Å². The molecule has 3 nitrogen and oxygen atoms in total. The molecule has 122 valence electrons. The van der Waals surface area contributed by atoms with Gasteiger partial charge in [0.2, 0.25) is 0 Å². The second kappa shape index (κ2) is 9.49. The Bertz CT molecular complexity index is 509. The summed E-state index contributed by atoms with van der Waals surface area (Å²) in [4.78, 5) is 6.85. The predicted molar refractivity (Wildman–Crippen MR) is 91.9 cm³/mol. The highest BCUT2D eigenvalue weighted by Crippen LogP contribution is 2.19. The average Bonchev–Trinajstić information content (AvgIpc) is 2.52. The van der Waals surface area contributed by atoms with Gasteiger partial charge in [-0.25, -0.2) is 4.39 Å². The van der Waals surface area contributed by atoms with Crippen molar-refractivity contribution in [2.75, 3.05) is 32.8 Å². The maximum absolute atomic E-state index is 14.3. The molecule has 1 aliphatic rings. The van der Waals surface area contributed by atoms with Gasteiger partial charge in [0.15, 0.2) is 0 Å². The van der Waals surface area contributed by atoms with Gasteiger partial charge in [0.05, 0.1) is 18.9 Å². The fourth-order valence-electron chi connectivity index (χ4n) is 1.95. The molecule has 0 unspecified atom stereocenters. The summed E-state index contributed by atoms with van der Waals surface area (Å²) in [5.74, 6) is -0.250. The molecule has 0 aliphatic carbocycles. The Balaban J connectivity index is 3.08. The highest BCUT2D eigenvalue weighted by atomic mass is 19.1. The molecule has 1 saturated heterocycles. The fourth-order valence-corrected chi connectivity index (χ4v) is 1.95. The van der Waals surface area contributed by atoms with E-state index in [0.717, 1.165) is 30.1 Å². The van der Waals surface area contributed by atoms with E-state index in [4.69, 9.17) is 4.74 Å². The molecule has 1 aliphatic heterocycles. The molecule has 1 heterocycles. The fraction of sp³-hybridized carbons (Fsp3) is 0.500. The molecule has 4 heteroatoms. The number of rotatable bonds is 6. The summed E-state index contributed by atoms with van der Waals surface area (Å²) < 4.78 is 19.6. The molecule has 0 saturated carbocycles. The van der Waals surface area contributed by atoms with Crippen LogP contribution in [0.5, 0.6) is 0 Å². The minimum absolute atomic E-state index is 0.250. The van der Waals surface area contributed by atoms with Crippen LogP contribution < -0.4 is 0 Å². The maximum Gasteiger partial charge on any atom is 0.127 e. The number of hydrogen-bond donors (Lipinski definition) is 0. The Morgan fingerprint density at radius 1 is 1.27 bits per heavy atom. The van der Waals surface area contributed by atoms with Crippen molar-refractivity contribution in [1.29, 1.82) is 0 Å². The monoisotopic (exact) mass is 306 g/mol. The summed E-state index contributed by atoms with van der Waals surface area (Å²) in [5, 5.41) is 0. The lowest BCUT2D eigenvalue weighted by Crippen LogP contribution is -2.37. The lowest BCUT2D eigenvalue weighted by molar-refractivity contribution is 0.0421. The van der Waals surface area contributed by atoms with Crippen molar-refractivity contribution >= 4 is 5.71 Å². The topological polar surface area (TPSA) is 24.8 Å². The standard InChI is InChI=1S/C18H27FN2O/c1-6-7-8-17(19)15(4)18(20-16(5)14(2)3)13-21-9-11-22-12-10-21/h6-8H,2,9-13H2,1,3-5H3/b7-6-,17-8+,18-15+,20-16?. The number of aliphatic imine (C=N–C) groups is 1. The Morgan fingerprint density at radius 3 is 2.45 bits per heavy atom. The Labute approximate surface area is 133 Å². The highest BCUT2D eigenvalue weighted by Gasteiger charge is 2.15. The van der Waals surface area contributed by atoms with E-state index < -0.39 is 0 Å². The first-order valence-electron chi connectivity index (χ1n) is 7.65. The lowest BCUT2D eigenvalue weighted by atomic mass is 10.1. The molecule has 0 bridgehead atoms. The quantitative estimate of drug-likeness (QED) is 0.546. The van der Waals surface area contributed by atoms with Crippen LogP contribution in [-0.4, -0.2) is 43.5 Å². The van der Waals surface area contributed by atoms with Crippen LogP contribution in [0.1, 0.15) is 27.7 Å². The van der Waals surface area contributed by atoms with Crippen LogP contribution in [0.4, 0.5) is 4.39 Å². The summed E-state index contributed by atoms with van der Waals surface area (Å²) in [5.41, 5.74) is 3.05. The molecule has 0 radical (unpaired) electrons. The lowest BCUT2D eigenvalue weighted by Gasteiger charge is -2.27. The third kappa shape index (κ3) is 6.08. The van der Waals surface area contributed by atoms with Gasteiger partial charge >= 0.3 is 0 Å². The van der Waals surface area contributed by atoms with Crippen LogP contribution in [0, 0.1) is 0 Å². The first-order chi connectivity index (χ1) is 10.5. The van der Waals surface area contributed by atoms with Gasteiger partial charge in [0, 0.05) is 30.9 Å². The van der Waals surface area contributed by atoms with Crippen LogP contribution in [0.2, 0.25) is 0 Å². The van der Waals surface area contributed by atoms with Gasteiger partial charge in [-0.1, -0.05) is 18.7 Å². The molecule has 22 heavy (non-hydrogen) atoms. The van der Waals surface area contributed by atoms with Crippen molar-refractivity contribution in [1.82, 2.24) is 4.90 Å². The maximum atomic E-state index is 14.3. The van der Waals surface area contributed by atoms with Gasteiger partial charge in [-0.05, 0) is 39.3 Å². The van der Waals surface area contributed by atoms with E-state index in [2.05, 4.69) is 16.5 Å². The van der Waals surface area contributed by atoms with Crippen LogP contribution in [-0.2, 0) is 4.74 Å². The van der Waals surface area contributed by atoms with E-state index in [1.54, 1.807) is 19.1 Å². The van der Waals surface area contributed by atoms with Crippen molar-refractivity contribution in [2.45, 2.75) is 27.7 Å². The normalized spacial score (nSPS) is 19.5. The van der Waals surface area contributed by atoms with Crippen LogP contribution in [0.25, 0.3) is 0 Å². The summed E-state index contributed by atoms with van der Waals surface area (Å²) in [6.07, 6.45) is 4.97. The first-order valence-corrected chi connectivity index (χ1v) is 7.65. The van der Waals surface area contributed by atoms with E-state index in [0.29, 0.717) is 25.3 Å². The highest BCUT2D eigenvalue weighted by molar-refractivity contribution is 5.97. The second-order valence-corrected chi connectivity index (χ2v) is 5.48. The van der Waals surface area contributed by atoms with Gasteiger partial charge in [-0.3, -0.25) is 9.89 Å². The summed E-state index contributed by atoms with van der Waals surface area (Å²) in [6.45, 7) is 15.1. The molecule has 1 rings (SSSR count). The molecule has 0 aromatic carbocycles. The van der Waals surface area contributed by atoms with Crippen molar-refractivity contribution in [2.24, 2.45) is 4.99 Å². The number of halogens is 1. The summed E-state index contributed by atoms with van der Waals surface area (Å²) >= 11 is 0. The Morgan fingerprint density at radius 2 is 1.91 bits per heavy atom. The zero-order valence-corrected chi connectivity index (χ0v) is 14.2. The number of hydrogen-bond acceptors (Lipinski definition) is 3. The number of ether oxygens (including phenoxy) is 1. The van der Waals surface area contributed by atoms with Gasteiger partial charge in [0.1, 0.15) is 5.83 Å². The zero-order chi connectivity index (χ0) is 16.5. The number of nitrogens with zero attached hydrogens (tertiary/aromatic N) is 2. The molecule has 0 spiro atoms. The molecule has 0 aromatic heterocycles. The van der Waals surface area contributed by atoms with E-state index in [1.165, 1.54) is 6.08 Å². The van der Waals surface area contributed by atoms with Gasteiger partial charge in [0.25, 0.3) is 0 Å². The third-order valence-electron chi connectivity index (χ3n) is 3.62. The smallest absolute Gasteiger partial charge is 0.127 e. The Kier molecular flexibility index (Phi) is 7.99. The van der Waals surface area contributed by atoms with E-state index in [9.17, 15) is 4.39 Å². The minimum Gasteiger partial charge on any atom is -0.379 e. The van der Waals surface area contributed by atoms with Crippen molar-refractivity contribution in [3.05, 3.63) is 47.5 Å². The largest absolute Gasteiger partial charge is 0.379 e. The summed E-state index contributed by atoms with van der Waals surface area (Å²) in [7, 11) is 0.